The van der Waals surface area contributed by atoms with Gasteiger partial charge in [0.05, 0.1) is 17.3 Å². The van der Waals surface area contributed by atoms with E-state index >= 15 is 0 Å². The second kappa shape index (κ2) is 5.32. The van der Waals surface area contributed by atoms with Gasteiger partial charge in [0.2, 0.25) is 11.6 Å². The number of aryl methyl sites for hydroxylation is 2. The molecular weight excluding hydrogens is 260 g/mol. The normalized spacial score (nSPS) is 9.85. The van der Waals surface area contributed by atoms with Crippen LogP contribution in [0.25, 0.3) is 0 Å². The highest BCUT2D eigenvalue weighted by molar-refractivity contribution is 5.54. The Morgan fingerprint density at radius 1 is 1.30 bits per heavy atom. The summed E-state index contributed by atoms with van der Waals surface area (Å²) in [7, 11) is 0. The van der Waals surface area contributed by atoms with Crippen LogP contribution in [0.3, 0.4) is 0 Å². The first kappa shape index (κ1) is 13.4. The molecule has 20 heavy (non-hydrogen) atoms. The zero-order chi connectivity index (χ0) is 14.7. The van der Waals surface area contributed by atoms with Crippen LogP contribution in [0.4, 0.5) is 5.69 Å². The molecule has 0 aliphatic carbocycles. The molecule has 7 heteroatoms. The van der Waals surface area contributed by atoms with Crippen molar-refractivity contribution >= 4 is 5.69 Å². The molecule has 2 aromatic rings. The standard InChI is InChI=1S/C13H10N4O3/c1-8-3-9(2)13(11(4-8)17(18)19)20-12-7-15-10(5-14)6-16-12/h3-4,6-7H,1-2H3. The Hall–Kier alpha value is -3.01. The number of nitro groups is 1. The highest BCUT2D eigenvalue weighted by Gasteiger charge is 2.19. The molecular formula is C13H10N4O3. The first-order chi connectivity index (χ1) is 9.51. The Balaban J connectivity index is 2.42. The van der Waals surface area contributed by atoms with E-state index < -0.39 is 4.92 Å². The summed E-state index contributed by atoms with van der Waals surface area (Å²) < 4.78 is 5.43. The number of nitriles is 1. The van der Waals surface area contributed by atoms with E-state index in [1.807, 2.05) is 6.07 Å². The molecule has 0 bridgehead atoms. The molecule has 2 rings (SSSR count). The van der Waals surface area contributed by atoms with Crippen LogP contribution in [-0.4, -0.2) is 14.9 Å². The molecule has 0 N–H and O–H groups in total. The minimum Gasteiger partial charge on any atom is -0.430 e. The van der Waals surface area contributed by atoms with E-state index in [0.29, 0.717) is 5.56 Å². The van der Waals surface area contributed by atoms with Gasteiger partial charge < -0.3 is 4.74 Å². The lowest BCUT2D eigenvalue weighted by molar-refractivity contribution is -0.385. The van der Waals surface area contributed by atoms with E-state index in [4.69, 9.17) is 10.00 Å². The number of hydrogen-bond acceptors (Lipinski definition) is 6. The van der Waals surface area contributed by atoms with Gasteiger partial charge in [-0.2, -0.15) is 5.26 Å². The first-order valence-corrected chi connectivity index (χ1v) is 5.67. The van der Waals surface area contributed by atoms with Gasteiger partial charge in [0.25, 0.3) is 0 Å². The molecule has 0 saturated heterocycles. The molecule has 0 spiro atoms. The maximum Gasteiger partial charge on any atom is 0.312 e. The van der Waals surface area contributed by atoms with Crippen molar-refractivity contribution in [2.24, 2.45) is 0 Å². The average Bonchev–Trinajstić information content (AvgIpc) is 2.42. The molecule has 7 nitrogen and oxygen atoms in total. The second-order valence-electron chi connectivity index (χ2n) is 4.14. The lowest BCUT2D eigenvalue weighted by Crippen LogP contribution is -1.98. The van der Waals surface area contributed by atoms with Gasteiger partial charge >= 0.3 is 5.69 Å². The Bertz CT molecular complexity index is 705. The van der Waals surface area contributed by atoms with Crippen LogP contribution >= 0.6 is 0 Å². The minimum atomic E-state index is -0.508. The fourth-order valence-corrected chi connectivity index (χ4v) is 1.73. The van der Waals surface area contributed by atoms with Crippen molar-refractivity contribution in [3.63, 3.8) is 0 Å². The maximum atomic E-state index is 11.1. The minimum absolute atomic E-state index is 0.0963. The van der Waals surface area contributed by atoms with Crippen molar-refractivity contribution in [2.45, 2.75) is 13.8 Å². The molecule has 1 aromatic carbocycles. The largest absolute Gasteiger partial charge is 0.430 e. The Morgan fingerprint density at radius 2 is 2.05 bits per heavy atom. The fraction of sp³-hybridized carbons (Fsp3) is 0.154. The van der Waals surface area contributed by atoms with Gasteiger partial charge in [0, 0.05) is 6.07 Å². The Kier molecular flexibility index (Phi) is 3.57. The number of rotatable bonds is 3. The number of ether oxygens (including phenoxy) is 1. The summed E-state index contributed by atoms with van der Waals surface area (Å²) in [6.07, 6.45) is 2.49. The van der Waals surface area contributed by atoms with Crippen molar-refractivity contribution in [2.75, 3.05) is 0 Å². The van der Waals surface area contributed by atoms with Crippen LogP contribution in [0.15, 0.2) is 24.5 Å². The number of benzene rings is 1. The van der Waals surface area contributed by atoms with Gasteiger partial charge in [-0.05, 0) is 25.0 Å². The summed E-state index contributed by atoms with van der Waals surface area (Å²) in [5, 5.41) is 19.7. The van der Waals surface area contributed by atoms with E-state index in [1.165, 1.54) is 18.5 Å². The van der Waals surface area contributed by atoms with Crippen LogP contribution in [0.1, 0.15) is 16.8 Å². The van der Waals surface area contributed by atoms with Gasteiger partial charge in [-0.3, -0.25) is 10.1 Å². The summed E-state index contributed by atoms with van der Waals surface area (Å²) in [6, 6.07) is 5.04. The molecule has 0 aliphatic heterocycles. The molecule has 0 unspecified atom stereocenters. The van der Waals surface area contributed by atoms with Crippen LogP contribution in [0, 0.1) is 35.3 Å². The maximum absolute atomic E-state index is 11.1. The smallest absolute Gasteiger partial charge is 0.312 e. The van der Waals surface area contributed by atoms with Crippen molar-refractivity contribution < 1.29 is 9.66 Å². The topological polar surface area (TPSA) is 102 Å². The predicted octanol–water partition coefficient (Wildman–Crippen LogP) is 2.67. The van der Waals surface area contributed by atoms with Crippen molar-refractivity contribution in [1.82, 2.24) is 9.97 Å². The molecule has 0 saturated carbocycles. The molecule has 0 amide bonds. The number of hydrogen-bond donors (Lipinski definition) is 0. The molecule has 1 aromatic heterocycles. The summed E-state index contributed by atoms with van der Waals surface area (Å²) >= 11 is 0. The van der Waals surface area contributed by atoms with Crippen molar-refractivity contribution in [3.05, 3.63) is 51.5 Å². The predicted molar refractivity (Wildman–Crippen MR) is 69.4 cm³/mol. The Labute approximate surface area is 114 Å². The van der Waals surface area contributed by atoms with Gasteiger partial charge in [-0.25, -0.2) is 9.97 Å². The molecule has 1 heterocycles. The van der Waals surface area contributed by atoms with Gasteiger partial charge in [0.1, 0.15) is 6.07 Å². The number of aromatic nitrogens is 2. The van der Waals surface area contributed by atoms with Gasteiger partial charge in [0.15, 0.2) is 5.69 Å². The second-order valence-corrected chi connectivity index (χ2v) is 4.14. The van der Waals surface area contributed by atoms with Crippen LogP contribution in [0.5, 0.6) is 11.6 Å². The van der Waals surface area contributed by atoms with Gasteiger partial charge in [-0.15, -0.1) is 0 Å². The van der Waals surface area contributed by atoms with Crippen LogP contribution < -0.4 is 4.74 Å². The third kappa shape index (κ3) is 2.70. The van der Waals surface area contributed by atoms with Crippen molar-refractivity contribution in [3.8, 4) is 17.7 Å². The highest BCUT2D eigenvalue weighted by atomic mass is 16.6. The zero-order valence-corrected chi connectivity index (χ0v) is 10.8. The lowest BCUT2D eigenvalue weighted by Gasteiger charge is -2.08. The van der Waals surface area contributed by atoms with E-state index in [-0.39, 0.29) is 23.0 Å². The van der Waals surface area contributed by atoms with E-state index in [1.54, 1.807) is 19.9 Å². The summed E-state index contributed by atoms with van der Waals surface area (Å²) in [5.41, 5.74) is 1.41. The summed E-state index contributed by atoms with van der Waals surface area (Å²) in [5.74, 6) is 0.221. The van der Waals surface area contributed by atoms with Crippen LogP contribution in [-0.2, 0) is 0 Å². The first-order valence-electron chi connectivity index (χ1n) is 5.67. The third-order valence-electron chi connectivity index (χ3n) is 2.55. The zero-order valence-electron chi connectivity index (χ0n) is 10.8. The molecule has 100 valence electrons. The molecule has 0 fully saturated rings. The van der Waals surface area contributed by atoms with E-state index in [2.05, 4.69) is 9.97 Å². The quantitative estimate of drug-likeness (QED) is 0.627. The monoisotopic (exact) mass is 270 g/mol. The Morgan fingerprint density at radius 3 is 2.60 bits per heavy atom. The fourth-order valence-electron chi connectivity index (χ4n) is 1.73. The summed E-state index contributed by atoms with van der Waals surface area (Å²) in [6.45, 7) is 3.48. The van der Waals surface area contributed by atoms with Gasteiger partial charge in [-0.1, -0.05) is 6.07 Å². The SMILES string of the molecule is Cc1cc(C)c(Oc2cnc(C#N)cn2)c([N+](=O)[O-])c1. The lowest BCUT2D eigenvalue weighted by atomic mass is 10.1. The van der Waals surface area contributed by atoms with E-state index in [0.717, 1.165) is 5.56 Å². The third-order valence-corrected chi connectivity index (χ3v) is 2.55. The highest BCUT2D eigenvalue weighted by Crippen LogP contribution is 2.34. The molecule has 0 radical (unpaired) electrons. The van der Waals surface area contributed by atoms with Crippen molar-refractivity contribution in [1.29, 1.82) is 5.26 Å². The summed E-state index contributed by atoms with van der Waals surface area (Å²) in [4.78, 5) is 18.2. The average molecular weight is 270 g/mol. The molecule has 0 aliphatic rings. The van der Waals surface area contributed by atoms with E-state index in [9.17, 15) is 10.1 Å². The number of nitro benzene ring substituents is 1. The number of nitrogens with zero attached hydrogens (tertiary/aromatic N) is 4. The molecule has 0 atom stereocenters. The van der Waals surface area contributed by atoms with Crippen LogP contribution in [0.2, 0.25) is 0 Å².